The molecule has 2 rings (SSSR count). The first-order valence-corrected chi connectivity index (χ1v) is 6.55. The molecule has 24 heavy (non-hydrogen) atoms. The zero-order valence-corrected chi connectivity index (χ0v) is 11.9. The van der Waals surface area contributed by atoms with Gasteiger partial charge in [-0.05, 0) is 12.5 Å². The van der Waals surface area contributed by atoms with E-state index in [0.717, 1.165) is 6.20 Å². The van der Waals surface area contributed by atoms with Crippen LogP contribution in [-0.2, 0) is 22.3 Å². The normalized spacial score (nSPS) is 22.0. The minimum absolute atomic E-state index is 0.460. The highest BCUT2D eigenvalue weighted by molar-refractivity contribution is 5.81. The van der Waals surface area contributed by atoms with Gasteiger partial charge in [0.1, 0.15) is 6.54 Å². The molecule has 0 spiro atoms. The van der Waals surface area contributed by atoms with Crippen molar-refractivity contribution < 1.29 is 41.0 Å². The van der Waals surface area contributed by atoms with E-state index in [0.29, 0.717) is 15.6 Å². The summed E-state index contributed by atoms with van der Waals surface area (Å²) in [5.74, 6) is -3.04. The lowest BCUT2D eigenvalue weighted by Crippen LogP contribution is -2.48. The van der Waals surface area contributed by atoms with Crippen molar-refractivity contribution in [2.75, 3.05) is 13.1 Å². The molecule has 12 heteroatoms. The number of halogens is 6. The van der Waals surface area contributed by atoms with E-state index in [1.165, 1.54) is 0 Å². The van der Waals surface area contributed by atoms with Crippen molar-refractivity contribution in [1.82, 2.24) is 14.7 Å². The van der Waals surface area contributed by atoms with Gasteiger partial charge in [-0.3, -0.25) is 14.3 Å². The van der Waals surface area contributed by atoms with Crippen molar-refractivity contribution in [1.29, 1.82) is 0 Å². The maximum atomic E-state index is 13.0. The summed E-state index contributed by atoms with van der Waals surface area (Å²) in [6.45, 7) is -2.26. The van der Waals surface area contributed by atoms with Crippen molar-refractivity contribution in [3.05, 3.63) is 18.0 Å². The highest BCUT2D eigenvalue weighted by atomic mass is 19.4. The average molecular weight is 359 g/mol. The molecule has 1 N–H and O–H groups in total. The standard InChI is InChI=1S/C12H11F6N3O3/c13-11(14,15)7-1-3-21(19-7)5-8(22)20-4-2-10(6-20,9(23)24)12(16,17)18/h1,3H,2,4-6H2,(H,23,24). The first kappa shape index (κ1) is 18.1. The summed E-state index contributed by atoms with van der Waals surface area (Å²) in [5, 5.41) is 12.0. The third-order valence-electron chi connectivity index (χ3n) is 3.80. The van der Waals surface area contributed by atoms with Gasteiger partial charge in [-0.2, -0.15) is 31.4 Å². The number of amides is 1. The molecular weight excluding hydrogens is 348 g/mol. The number of likely N-dealkylation sites (tertiary alicyclic amines) is 1. The van der Waals surface area contributed by atoms with Crippen LogP contribution < -0.4 is 0 Å². The number of carbonyl (C=O) groups excluding carboxylic acids is 1. The largest absolute Gasteiger partial charge is 0.481 e. The van der Waals surface area contributed by atoms with Crippen LogP contribution in [0.5, 0.6) is 0 Å². The predicted octanol–water partition coefficient (Wildman–Crippen LogP) is 1.77. The number of aliphatic carboxylic acids is 1. The lowest BCUT2D eigenvalue weighted by atomic mass is 9.86. The molecular formula is C12H11F6N3O3. The van der Waals surface area contributed by atoms with Crippen LogP contribution in [0, 0.1) is 5.41 Å². The highest BCUT2D eigenvalue weighted by Gasteiger charge is 2.64. The molecule has 0 aromatic carbocycles. The molecule has 0 bridgehead atoms. The van der Waals surface area contributed by atoms with E-state index in [9.17, 15) is 35.9 Å². The summed E-state index contributed by atoms with van der Waals surface area (Å²) in [5.41, 5.74) is -4.31. The Morgan fingerprint density at radius 2 is 1.88 bits per heavy atom. The Balaban J connectivity index is 2.10. The first-order chi connectivity index (χ1) is 10.9. The summed E-state index contributed by atoms with van der Waals surface area (Å²) in [7, 11) is 0. The number of carboxylic acids is 1. The Morgan fingerprint density at radius 3 is 2.29 bits per heavy atom. The Morgan fingerprint density at radius 1 is 1.25 bits per heavy atom. The fourth-order valence-corrected chi connectivity index (χ4v) is 2.39. The minimum Gasteiger partial charge on any atom is -0.481 e. The summed E-state index contributed by atoms with van der Waals surface area (Å²) in [6.07, 6.45) is -9.71. The maximum absolute atomic E-state index is 13.0. The molecule has 6 nitrogen and oxygen atoms in total. The van der Waals surface area contributed by atoms with Gasteiger partial charge < -0.3 is 10.0 Å². The van der Waals surface area contributed by atoms with Gasteiger partial charge in [-0.1, -0.05) is 0 Å². The van der Waals surface area contributed by atoms with Gasteiger partial charge in [0.15, 0.2) is 11.1 Å². The zero-order valence-electron chi connectivity index (χ0n) is 11.9. The van der Waals surface area contributed by atoms with Crippen LogP contribution in [0.25, 0.3) is 0 Å². The monoisotopic (exact) mass is 359 g/mol. The highest BCUT2D eigenvalue weighted by Crippen LogP contribution is 2.45. The smallest absolute Gasteiger partial charge is 0.435 e. The lowest BCUT2D eigenvalue weighted by molar-refractivity contribution is -0.227. The SMILES string of the molecule is O=C(Cn1ccc(C(F)(F)F)n1)N1CCC(C(=O)O)(C(F)(F)F)C1. The molecule has 0 aliphatic carbocycles. The van der Waals surface area contributed by atoms with E-state index in [-0.39, 0.29) is 0 Å². The third kappa shape index (κ3) is 3.17. The van der Waals surface area contributed by atoms with Crippen LogP contribution in [0.1, 0.15) is 12.1 Å². The Hall–Kier alpha value is -2.27. The fraction of sp³-hybridized carbons (Fsp3) is 0.583. The molecule has 1 aromatic heterocycles. The Bertz CT molecular complexity index is 653. The summed E-state index contributed by atoms with van der Waals surface area (Å²) < 4.78 is 76.8. The van der Waals surface area contributed by atoms with Crippen molar-refractivity contribution >= 4 is 11.9 Å². The topological polar surface area (TPSA) is 75.4 Å². The molecule has 134 valence electrons. The second-order valence-corrected chi connectivity index (χ2v) is 5.35. The van der Waals surface area contributed by atoms with Crippen molar-refractivity contribution in [3.63, 3.8) is 0 Å². The number of aromatic nitrogens is 2. The molecule has 1 saturated heterocycles. The van der Waals surface area contributed by atoms with Crippen LogP contribution >= 0.6 is 0 Å². The van der Waals surface area contributed by atoms with E-state index in [2.05, 4.69) is 5.10 Å². The number of nitrogens with zero attached hydrogens (tertiary/aromatic N) is 3. The Kier molecular flexibility index (Phi) is 4.27. The summed E-state index contributed by atoms with van der Waals surface area (Å²) in [6, 6.07) is 0.620. The second kappa shape index (κ2) is 5.67. The van der Waals surface area contributed by atoms with Crippen LogP contribution in [0.2, 0.25) is 0 Å². The van der Waals surface area contributed by atoms with E-state index in [4.69, 9.17) is 5.11 Å². The van der Waals surface area contributed by atoms with Gasteiger partial charge in [-0.25, -0.2) is 0 Å². The quantitative estimate of drug-likeness (QED) is 0.835. The molecule has 0 radical (unpaired) electrons. The summed E-state index contributed by atoms with van der Waals surface area (Å²) in [4.78, 5) is 23.6. The predicted molar refractivity (Wildman–Crippen MR) is 64.5 cm³/mol. The van der Waals surface area contributed by atoms with Gasteiger partial charge in [0.2, 0.25) is 5.91 Å². The van der Waals surface area contributed by atoms with Gasteiger partial charge in [0, 0.05) is 19.3 Å². The first-order valence-electron chi connectivity index (χ1n) is 6.55. The van der Waals surface area contributed by atoms with Crippen LogP contribution in [0.15, 0.2) is 12.3 Å². The van der Waals surface area contributed by atoms with Gasteiger partial charge in [0.25, 0.3) is 0 Å². The zero-order chi connectivity index (χ0) is 18.3. The number of rotatable bonds is 3. The third-order valence-corrected chi connectivity index (χ3v) is 3.80. The van der Waals surface area contributed by atoms with Gasteiger partial charge in [0.05, 0.1) is 0 Å². The number of alkyl halides is 6. The number of hydrogen-bond acceptors (Lipinski definition) is 3. The van der Waals surface area contributed by atoms with Crippen LogP contribution in [0.4, 0.5) is 26.3 Å². The molecule has 1 fully saturated rings. The molecule has 2 heterocycles. The van der Waals surface area contributed by atoms with E-state index in [1.807, 2.05) is 0 Å². The van der Waals surface area contributed by atoms with Crippen LogP contribution in [0.3, 0.4) is 0 Å². The number of hydrogen-bond donors (Lipinski definition) is 1. The second-order valence-electron chi connectivity index (χ2n) is 5.35. The molecule has 1 aromatic rings. The number of carboxylic acid groups (broad SMARTS) is 1. The maximum Gasteiger partial charge on any atom is 0.435 e. The van der Waals surface area contributed by atoms with E-state index in [1.54, 1.807) is 0 Å². The van der Waals surface area contributed by atoms with Crippen molar-refractivity contribution in [2.45, 2.75) is 25.3 Å². The minimum atomic E-state index is -5.05. The molecule has 1 unspecified atom stereocenters. The van der Waals surface area contributed by atoms with Crippen LogP contribution in [-0.4, -0.2) is 50.9 Å². The van der Waals surface area contributed by atoms with E-state index < -0.39 is 61.4 Å². The van der Waals surface area contributed by atoms with E-state index >= 15 is 0 Å². The lowest BCUT2D eigenvalue weighted by Gasteiger charge is -2.27. The van der Waals surface area contributed by atoms with Crippen molar-refractivity contribution in [2.24, 2.45) is 5.41 Å². The number of carbonyl (C=O) groups is 2. The molecule has 0 saturated carbocycles. The van der Waals surface area contributed by atoms with Gasteiger partial charge in [-0.15, -0.1) is 0 Å². The molecule has 1 aliphatic rings. The fourth-order valence-electron chi connectivity index (χ4n) is 2.39. The molecule has 1 aliphatic heterocycles. The Labute approximate surface area is 130 Å². The van der Waals surface area contributed by atoms with Gasteiger partial charge >= 0.3 is 18.3 Å². The summed E-state index contributed by atoms with van der Waals surface area (Å²) >= 11 is 0. The molecule has 1 atom stereocenters. The van der Waals surface area contributed by atoms with Crippen molar-refractivity contribution in [3.8, 4) is 0 Å². The average Bonchev–Trinajstić information content (AvgIpc) is 3.03. The molecule has 1 amide bonds.